The lowest BCUT2D eigenvalue weighted by Crippen LogP contribution is -2.39. The standard InChI is InChI=1S/C18H23O3PSi/c1-20-13-21-16-10-9-15(23(2,3)4)11-18(16)22-17-8-6-5-7-14(17)12-19/h5-12,22H,13H2,1-4H3. The van der Waals surface area contributed by atoms with E-state index in [0.29, 0.717) is 8.58 Å². The van der Waals surface area contributed by atoms with Crippen LogP contribution in [0.15, 0.2) is 42.5 Å². The molecule has 0 fully saturated rings. The van der Waals surface area contributed by atoms with E-state index in [1.165, 1.54) is 5.19 Å². The molecule has 5 heteroatoms. The summed E-state index contributed by atoms with van der Waals surface area (Å²) in [5.74, 6) is 0.827. The van der Waals surface area contributed by atoms with Gasteiger partial charge in [0.15, 0.2) is 13.1 Å². The molecule has 3 nitrogen and oxygen atoms in total. The Morgan fingerprint density at radius 3 is 2.48 bits per heavy atom. The molecule has 0 aromatic heterocycles. The van der Waals surface area contributed by atoms with Gasteiger partial charge in [-0.2, -0.15) is 0 Å². The molecule has 1 unspecified atom stereocenters. The van der Waals surface area contributed by atoms with Gasteiger partial charge in [-0.3, -0.25) is 4.79 Å². The van der Waals surface area contributed by atoms with E-state index in [-0.39, 0.29) is 6.79 Å². The predicted octanol–water partition coefficient (Wildman–Crippen LogP) is 2.66. The van der Waals surface area contributed by atoms with Crippen LogP contribution in [-0.4, -0.2) is 28.3 Å². The first kappa shape index (κ1) is 17.9. The lowest BCUT2D eigenvalue weighted by molar-refractivity contribution is 0.0519. The molecule has 0 spiro atoms. The Bertz CT molecular complexity index is 680. The highest BCUT2D eigenvalue weighted by molar-refractivity contribution is 7.56. The van der Waals surface area contributed by atoms with Crippen LogP contribution in [0.1, 0.15) is 10.4 Å². The number of benzene rings is 2. The maximum absolute atomic E-state index is 11.3. The second-order valence-corrected chi connectivity index (χ2v) is 12.7. The molecular weight excluding hydrogens is 323 g/mol. The van der Waals surface area contributed by atoms with Crippen LogP contribution in [0.3, 0.4) is 0 Å². The molecule has 2 rings (SSSR count). The number of rotatable bonds is 7. The van der Waals surface area contributed by atoms with Gasteiger partial charge in [0.25, 0.3) is 0 Å². The molecule has 2 aromatic rings. The summed E-state index contributed by atoms with van der Waals surface area (Å²) in [4.78, 5) is 11.3. The Balaban J connectivity index is 2.42. The fourth-order valence-corrected chi connectivity index (χ4v) is 4.77. The van der Waals surface area contributed by atoms with Gasteiger partial charge in [0.1, 0.15) is 5.75 Å². The SMILES string of the molecule is COCOc1ccc([Si](C)(C)C)cc1Pc1ccccc1C=O. The highest BCUT2D eigenvalue weighted by atomic mass is 31.1. The lowest BCUT2D eigenvalue weighted by Gasteiger charge is -2.20. The van der Waals surface area contributed by atoms with Gasteiger partial charge in [0, 0.05) is 18.0 Å². The van der Waals surface area contributed by atoms with Crippen molar-refractivity contribution in [3.8, 4) is 5.75 Å². The molecule has 122 valence electrons. The highest BCUT2D eigenvalue weighted by Crippen LogP contribution is 2.21. The molecule has 0 radical (unpaired) electrons. The molecule has 23 heavy (non-hydrogen) atoms. The second-order valence-electron chi connectivity index (χ2n) is 6.34. The molecule has 0 amide bonds. The number of carbonyl (C=O) groups is 1. The smallest absolute Gasteiger partial charge is 0.188 e. The van der Waals surface area contributed by atoms with Crippen LogP contribution >= 0.6 is 8.58 Å². The minimum Gasteiger partial charge on any atom is -0.467 e. The summed E-state index contributed by atoms with van der Waals surface area (Å²) in [6, 6.07) is 14.1. The average molecular weight is 346 g/mol. The second kappa shape index (κ2) is 7.87. The average Bonchev–Trinajstić information content (AvgIpc) is 2.53. The van der Waals surface area contributed by atoms with Crippen molar-refractivity contribution in [3.63, 3.8) is 0 Å². The molecule has 0 aliphatic heterocycles. The van der Waals surface area contributed by atoms with Crippen molar-refractivity contribution in [2.45, 2.75) is 19.6 Å². The third-order valence-corrected chi connectivity index (χ3v) is 6.96. The summed E-state index contributed by atoms with van der Waals surface area (Å²) < 4.78 is 10.7. The van der Waals surface area contributed by atoms with E-state index in [1.807, 2.05) is 30.3 Å². The molecule has 0 aliphatic rings. The zero-order valence-electron chi connectivity index (χ0n) is 14.1. The quantitative estimate of drug-likeness (QED) is 0.335. The van der Waals surface area contributed by atoms with Crippen molar-refractivity contribution in [3.05, 3.63) is 48.0 Å². The van der Waals surface area contributed by atoms with Crippen molar-refractivity contribution in [1.82, 2.24) is 0 Å². The Hall–Kier alpha value is -1.48. The summed E-state index contributed by atoms with van der Waals surface area (Å²) in [5, 5.41) is 3.54. The first-order chi connectivity index (χ1) is 11.0. The van der Waals surface area contributed by atoms with E-state index < -0.39 is 8.07 Å². The van der Waals surface area contributed by atoms with Crippen LogP contribution in [-0.2, 0) is 4.74 Å². The number of ether oxygens (including phenoxy) is 2. The summed E-state index contributed by atoms with van der Waals surface area (Å²) in [6.45, 7) is 7.19. The van der Waals surface area contributed by atoms with Gasteiger partial charge in [-0.1, -0.05) is 69.8 Å². The Morgan fingerprint density at radius 2 is 1.83 bits per heavy atom. The Labute approximate surface area is 140 Å². The van der Waals surface area contributed by atoms with E-state index in [0.717, 1.165) is 28.2 Å². The Kier molecular flexibility index (Phi) is 6.11. The van der Waals surface area contributed by atoms with Gasteiger partial charge in [-0.05, 0) is 11.4 Å². The van der Waals surface area contributed by atoms with E-state index >= 15 is 0 Å². The number of hydrogen-bond donors (Lipinski definition) is 0. The first-order valence-electron chi connectivity index (χ1n) is 7.53. The molecular formula is C18H23O3PSi. The monoisotopic (exact) mass is 346 g/mol. The predicted molar refractivity (Wildman–Crippen MR) is 101 cm³/mol. The zero-order valence-corrected chi connectivity index (χ0v) is 16.1. The molecule has 0 bridgehead atoms. The van der Waals surface area contributed by atoms with Crippen molar-refractivity contribution in [1.29, 1.82) is 0 Å². The molecule has 2 aromatic carbocycles. The van der Waals surface area contributed by atoms with Crippen LogP contribution < -0.4 is 20.5 Å². The molecule has 0 saturated heterocycles. The summed E-state index contributed by atoms with van der Waals surface area (Å²) in [7, 11) is 0.580. The number of aldehydes is 1. The maximum Gasteiger partial charge on any atom is 0.188 e. The first-order valence-corrected chi connectivity index (χ1v) is 12.0. The van der Waals surface area contributed by atoms with Gasteiger partial charge in [0.05, 0.1) is 8.07 Å². The fourth-order valence-electron chi connectivity index (χ4n) is 2.20. The molecule has 0 aliphatic carbocycles. The minimum absolute atomic E-state index is 0.221. The van der Waals surface area contributed by atoms with Crippen molar-refractivity contribution < 1.29 is 14.3 Å². The van der Waals surface area contributed by atoms with E-state index in [1.54, 1.807) is 7.11 Å². The van der Waals surface area contributed by atoms with Gasteiger partial charge in [-0.25, -0.2) is 0 Å². The van der Waals surface area contributed by atoms with Gasteiger partial charge in [0.2, 0.25) is 0 Å². The van der Waals surface area contributed by atoms with E-state index in [4.69, 9.17) is 9.47 Å². The summed E-state index contributed by atoms with van der Waals surface area (Å²) in [5.41, 5.74) is 0.738. The van der Waals surface area contributed by atoms with Crippen LogP contribution in [0.4, 0.5) is 0 Å². The summed E-state index contributed by atoms with van der Waals surface area (Å²) in [6.07, 6.45) is 0.917. The Morgan fingerprint density at radius 1 is 1.09 bits per heavy atom. The molecule has 0 N–H and O–H groups in total. The molecule has 1 atom stereocenters. The van der Waals surface area contributed by atoms with Crippen LogP contribution in [0.5, 0.6) is 5.75 Å². The number of methoxy groups -OCH3 is 1. The fraction of sp³-hybridized carbons (Fsp3) is 0.278. The number of hydrogen-bond acceptors (Lipinski definition) is 3. The maximum atomic E-state index is 11.3. The van der Waals surface area contributed by atoms with E-state index in [2.05, 4.69) is 31.8 Å². The largest absolute Gasteiger partial charge is 0.467 e. The van der Waals surface area contributed by atoms with Crippen LogP contribution in [0.2, 0.25) is 19.6 Å². The van der Waals surface area contributed by atoms with Gasteiger partial charge < -0.3 is 9.47 Å². The third kappa shape index (κ3) is 4.74. The van der Waals surface area contributed by atoms with Gasteiger partial charge >= 0.3 is 0 Å². The third-order valence-electron chi connectivity index (χ3n) is 3.53. The minimum atomic E-state index is -1.41. The lowest BCUT2D eigenvalue weighted by atomic mass is 10.2. The molecule has 0 saturated carbocycles. The zero-order chi connectivity index (χ0) is 16.9. The highest BCUT2D eigenvalue weighted by Gasteiger charge is 2.18. The van der Waals surface area contributed by atoms with Crippen LogP contribution in [0, 0.1) is 0 Å². The van der Waals surface area contributed by atoms with Crippen molar-refractivity contribution >= 4 is 38.7 Å². The topological polar surface area (TPSA) is 35.5 Å². The van der Waals surface area contributed by atoms with Crippen LogP contribution in [0.25, 0.3) is 0 Å². The number of carbonyl (C=O) groups excluding carboxylic acids is 1. The van der Waals surface area contributed by atoms with Crippen molar-refractivity contribution in [2.75, 3.05) is 13.9 Å². The summed E-state index contributed by atoms with van der Waals surface area (Å²) >= 11 is 0. The normalized spacial score (nSPS) is 11.8. The molecule has 0 heterocycles. The van der Waals surface area contributed by atoms with Gasteiger partial charge in [-0.15, -0.1) is 0 Å². The van der Waals surface area contributed by atoms with Crippen molar-refractivity contribution in [2.24, 2.45) is 0 Å². The van der Waals surface area contributed by atoms with E-state index in [9.17, 15) is 4.79 Å².